The maximum absolute atomic E-state index is 12.9. The van der Waals surface area contributed by atoms with Crippen LogP contribution in [0.2, 0.25) is 0 Å². The lowest BCUT2D eigenvalue weighted by Gasteiger charge is -2.27. The Kier molecular flexibility index (Phi) is 6.74. The number of nitrogens with zero attached hydrogens (tertiary/aromatic N) is 1. The van der Waals surface area contributed by atoms with E-state index in [0.717, 1.165) is 24.0 Å². The summed E-state index contributed by atoms with van der Waals surface area (Å²) in [6.45, 7) is 2.38. The summed E-state index contributed by atoms with van der Waals surface area (Å²) in [7, 11) is 1.46. The van der Waals surface area contributed by atoms with Crippen molar-refractivity contribution >= 4 is 5.97 Å². The average Bonchev–Trinajstić information content (AvgIpc) is 2.71. The van der Waals surface area contributed by atoms with Gasteiger partial charge in [0.05, 0.1) is 19.4 Å². The van der Waals surface area contributed by atoms with Crippen LogP contribution in [0, 0.1) is 0 Å². The van der Waals surface area contributed by atoms with Crippen molar-refractivity contribution in [3.63, 3.8) is 0 Å². The van der Waals surface area contributed by atoms with Gasteiger partial charge in [-0.2, -0.15) is 0 Å². The first-order chi connectivity index (χ1) is 14.4. The van der Waals surface area contributed by atoms with Gasteiger partial charge < -0.3 is 19.1 Å². The highest BCUT2D eigenvalue weighted by atomic mass is 19.3. The molecular weight excluding hydrogens is 396 g/mol. The van der Waals surface area contributed by atoms with E-state index >= 15 is 0 Å². The Labute approximate surface area is 173 Å². The zero-order valence-electron chi connectivity index (χ0n) is 17.0. The number of fused-ring (bicyclic) bond motifs is 3. The molecule has 30 heavy (non-hydrogen) atoms. The summed E-state index contributed by atoms with van der Waals surface area (Å²) >= 11 is 0. The Morgan fingerprint density at radius 2 is 2.07 bits per heavy atom. The number of hydrogen-bond acceptors (Lipinski definition) is 4. The van der Waals surface area contributed by atoms with Crippen LogP contribution in [0.3, 0.4) is 0 Å². The van der Waals surface area contributed by atoms with Crippen molar-refractivity contribution in [3.05, 3.63) is 45.2 Å². The molecule has 162 valence electrons. The molecule has 3 rings (SSSR count). The number of aryl methyl sites for hydroxylation is 2. The van der Waals surface area contributed by atoms with Gasteiger partial charge in [-0.1, -0.05) is 13.3 Å². The highest BCUT2D eigenvalue weighted by Gasteiger charge is 2.26. The van der Waals surface area contributed by atoms with E-state index in [1.807, 2.05) is 11.5 Å². The molecule has 1 aliphatic rings. The van der Waals surface area contributed by atoms with Crippen LogP contribution in [0.4, 0.5) is 8.78 Å². The molecule has 0 bridgehead atoms. The van der Waals surface area contributed by atoms with Crippen LogP contribution in [0.5, 0.6) is 11.5 Å². The van der Waals surface area contributed by atoms with E-state index in [2.05, 4.69) is 0 Å². The second-order valence-electron chi connectivity index (χ2n) is 7.24. The summed E-state index contributed by atoms with van der Waals surface area (Å²) in [6, 6.07) is 3.51. The van der Waals surface area contributed by atoms with E-state index in [1.54, 1.807) is 12.1 Å². The van der Waals surface area contributed by atoms with E-state index in [9.17, 15) is 23.5 Å². The fourth-order valence-electron chi connectivity index (χ4n) is 3.75. The first-order valence-corrected chi connectivity index (χ1v) is 9.99. The lowest BCUT2D eigenvalue weighted by molar-refractivity contribution is 0.0694. The van der Waals surface area contributed by atoms with Gasteiger partial charge in [-0.15, -0.1) is 0 Å². The zero-order valence-corrected chi connectivity index (χ0v) is 17.0. The number of methoxy groups -OCH3 is 1. The summed E-state index contributed by atoms with van der Waals surface area (Å²) in [5.74, 6) is -0.475. The third-order valence-electron chi connectivity index (χ3n) is 5.25. The average molecular weight is 421 g/mol. The highest BCUT2D eigenvalue weighted by Crippen LogP contribution is 2.39. The minimum Gasteiger partial charge on any atom is -0.493 e. The van der Waals surface area contributed by atoms with E-state index in [1.165, 1.54) is 13.3 Å². The fourth-order valence-corrected chi connectivity index (χ4v) is 3.75. The molecule has 0 saturated heterocycles. The largest absolute Gasteiger partial charge is 0.493 e. The minimum atomic E-state index is -2.45. The Morgan fingerprint density at radius 1 is 1.30 bits per heavy atom. The van der Waals surface area contributed by atoms with Crippen LogP contribution in [0.15, 0.2) is 23.1 Å². The highest BCUT2D eigenvalue weighted by molar-refractivity contribution is 5.88. The van der Waals surface area contributed by atoms with Crippen molar-refractivity contribution in [3.8, 4) is 22.8 Å². The quantitative estimate of drug-likeness (QED) is 0.658. The maximum Gasteiger partial charge on any atom is 0.341 e. The Balaban J connectivity index is 2.12. The van der Waals surface area contributed by atoms with Gasteiger partial charge in [0.2, 0.25) is 6.43 Å². The Bertz CT molecular complexity index is 1000. The second-order valence-corrected chi connectivity index (χ2v) is 7.24. The number of halogens is 2. The summed E-state index contributed by atoms with van der Waals surface area (Å²) in [5.41, 5.74) is 2.16. The normalized spacial score (nSPS) is 12.4. The van der Waals surface area contributed by atoms with Crippen molar-refractivity contribution in [2.24, 2.45) is 0 Å². The van der Waals surface area contributed by atoms with E-state index < -0.39 is 17.8 Å². The van der Waals surface area contributed by atoms with Gasteiger partial charge in [0.15, 0.2) is 16.9 Å². The van der Waals surface area contributed by atoms with Crippen molar-refractivity contribution in [1.82, 2.24) is 4.57 Å². The van der Waals surface area contributed by atoms with Gasteiger partial charge in [0.25, 0.3) is 0 Å². The summed E-state index contributed by atoms with van der Waals surface area (Å²) in [5, 5.41) is 9.45. The minimum absolute atomic E-state index is 0.132. The maximum atomic E-state index is 12.9. The number of carbonyl (C=O) groups is 1. The molecule has 2 aromatic rings. The number of pyridine rings is 1. The summed E-state index contributed by atoms with van der Waals surface area (Å²) < 4.78 is 37.6. The first-order valence-electron chi connectivity index (χ1n) is 9.99. The molecular formula is C22H25F2NO5. The van der Waals surface area contributed by atoms with Crippen molar-refractivity contribution in [1.29, 1.82) is 0 Å². The topological polar surface area (TPSA) is 77.8 Å². The van der Waals surface area contributed by atoms with Crippen LogP contribution in [0.1, 0.15) is 47.7 Å². The monoisotopic (exact) mass is 421 g/mol. The summed E-state index contributed by atoms with van der Waals surface area (Å²) in [4.78, 5) is 24.5. The van der Waals surface area contributed by atoms with Gasteiger partial charge >= 0.3 is 5.97 Å². The number of carboxylic acid groups (broad SMARTS) is 1. The van der Waals surface area contributed by atoms with E-state index in [0.29, 0.717) is 42.1 Å². The van der Waals surface area contributed by atoms with Gasteiger partial charge in [0, 0.05) is 30.3 Å². The van der Waals surface area contributed by atoms with Crippen molar-refractivity contribution < 1.29 is 28.2 Å². The molecule has 0 saturated carbocycles. The van der Waals surface area contributed by atoms with E-state index in [4.69, 9.17) is 9.47 Å². The van der Waals surface area contributed by atoms with Gasteiger partial charge in [-0.05, 0) is 37.0 Å². The SMILES string of the molecule is CCCCc1c2n(cc(C(=O)O)c1=O)CCc1cc(OCCC(F)F)c(OC)cc1-2. The van der Waals surface area contributed by atoms with Crippen LogP contribution < -0.4 is 14.9 Å². The standard InChI is InChI=1S/C22H25F2NO5/c1-3-4-5-14-20-15-11-17(29-2)18(30-9-7-19(23)24)10-13(15)6-8-25(20)12-16(21(14)26)22(27)28/h10-12,19H,3-9H2,1-2H3,(H,27,28). The molecule has 2 heterocycles. The van der Waals surface area contributed by atoms with Crippen LogP contribution in [-0.4, -0.2) is 35.8 Å². The van der Waals surface area contributed by atoms with Gasteiger partial charge in [-0.3, -0.25) is 4.79 Å². The van der Waals surface area contributed by atoms with Crippen LogP contribution in [-0.2, 0) is 19.4 Å². The molecule has 1 aliphatic heterocycles. The molecule has 0 amide bonds. The van der Waals surface area contributed by atoms with Gasteiger partial charge in [-0.25, -0.2) is 13.6 Å². The molecule has 8 heteroatoms. The lowest BCUT2D eigenvalue weighted by atomic mass is 9.91. The number of unbranched alkanes of at least 4 members (excludes halogenated alkanes) is 1. The molecule has 0 atom stereocenters. The molecule has 1 aromatic heterocycles. The fraction of sp³-hybridized carbons (Fsp3) is 0.455. The third kappa shape index (κ3) is 4.32. The number of ether oxygens (including phenoxy) is 2. The van der Waals surface area contributed by atoms with Crippen LogP contribution >= 0.6 is 0 Å². The number of rotatable bonds is 9. The molecule has 0 unspecified atom stereocenters. The molecule has 0 fully saturated rings. The second kappa shape index (κ2) is 9.28. The van der Waals surface area contributed by atoms with Gasteiger partial charge in [0.1, 0.15) is 5.56 Å². The summed E-state index contributed by atoms with van der Waals surface area (Å²) in [6.07, 6.45) is 1.26. The van der Waals surface area contributed by atoms with Crippen LogP contribution in [0.25, 0.3) is 11.3 Å². The zero-order chi connectivity index (χ0) is 21.8. The molecule has 0 radical (unpaired) electrons. The molecule has 0 spiro atoms. The lowest BCUT2D eigenvalue weighted by Crippen LogP contribution is -2.26. The number of carboxylic acids is 1. The number of aromatic nitrogens is 1. The molecule has 0 aliphatic carbocycles. The Morgan fingerprint density at radius 3 is 2.70 bits per heavy atom. The number of benzene rings is 1. The predicted molar refractivity (Wildman–Crippen MR) is 108 cm³/mol. The van der Waals surface area contributed by atoms with Crippen molar-refractivity contribution in [2.75, 3.05) is 13.7 Å². The van der Waals surface area contributed by atoms with E-state index in [-0.39, 0.29) is 18.6 Å². The first kappa shape index (κ1) is 21.8. The number of aromatic carboxylic acids is 1. The Hall–Kier alpha value is -2.90. The molecule has 6 nitrogen and oxygen atoms in total. The van der Waals surface area contributed by atoms with Crippen molar-refractivity contribution in [2.45, 2.75) is 52.0 Å². The molecule has 1 aromatic carbocycles. The predicted octanol–water partition coefficient (Wildman–Crippen LogP) is 4.15. The molecule has 1 N–H and O–H groups in total. The third-order valence-corrected chi connectivity index (χ3v) is 5.25. The smallest absolute Gasteiger partial charge is 0.341 e. The number of hydrogen-bond donors (Lipinski definition) is 1. The number of alkyl halides is 2.